The zero-order chi connectivity index (χ0) is 11.0. The average Bonchev–Trinajstić information content (AvgIpc) is 2.57. The summed E-state index contributed by atoms with van der Waals surface area (Å²) in [5.74, 6) is 0.389. The third-order valence-electron chi connectivity index (χ3n) is 2.81. The van der Waals surface area contributed by atoms with E-state index in [2.05, 4.69) is 5.32 Å². The number of amides is 2. The van der Waals surface area contributed by atoms with Gasteiger partial charge in [-0.1, -0.05) is 0 Å². The summed E-state index contributed by atoms with van der Waals surface area (Å²) >= 11 is 1.52. The van der Waals surface area contributed by atoms with Crippen molar-refractivity contribution in [2.45, 2.75) is 24.6 Å². The van der Waals surface area contributed by atoms with E-state index in [1.54, 1.807) is 0 Å². The molecule has 0 spiro atoms. The number of nitrogens with zero attached hydrogens (tertiary/aromatic N) is 1. The zero-order valence-electron chi connectivity index (χ0n) is 8.47. The molecule has 0 bridgehead atoms. The monoisotopic (exact) mass is 230 g/mol. The van der Waals surface area contributed by atoms with E-state index in [0.717, 1.165) is 0 Å². The number of carbonyl (C=O) groups excluding carboxylic acids is 2. The van der Waals surface area contributed by atoms with Crippen molar-refractivity contribution in [3.05, 3.63) is 0 Å². The molecule has 2 saturated heterocycles. The topological polar surface area (TPSA) is 69.6 Å². The summed E-state index contributed by atoms with van der Waals surface area (Å²) in [4.78, 5) is 25.0. The molecule has 15 heavy (non-hydrogen) atoms. The van der Waals surface area contributed by atoms with Crippen LogP contribution in [0.15, 0.2) is 0 Å². The Morgan fingerprint density at radius 3 is 3.00 bits per heavy atom. The molecule has 2 amide bonds. The van der Waals surface area contributed by atoms with Crippen LogP contribution in [0.1, 0.15) is 6.42 Å². The van der Waals surface area contributed by atoms with E-state index in [4.69, 9.17) is 0 Å². The van der Waals surface area contributed by atoms with E-state index >= 15 is 0 Å². The highest BCUT2D eigenvalue weighted by atomic mass is 32.2. The van der Waals surface area contributed by atoms with Gasteiger partial charge in [0.05, 0.1) is 6.10 Å². The first-order chi connectivity index (χ1) is 7.13. The third-order valence-corrected chi connectivity index (χ3v) is 3.48. The van der Waals surface area contributed by atoms with Gasteiger partial charge in [0.1, 0.15) is 12.1 Å². The fraction of sp³-hybridized carbons (Fsp3) is 0.778. The number of hydrogen-bond donors (Lipinski definition) is 2. The summed E-state index contributed by atoms with van der Waals surface area (Å²) in [5.41, 5.74) is 0. The Morgan fingerprint density at radius 2 is 2.33 bits per heavy atom. The predicted octanol–water partition coefficient (Wildman–Crippen LogP) is -1.19. The van der Waals surface area contributed by atoms with Crippen LogP contribution in [0, 0.1) is 0 Å². The molecule has 0 radical (unpaired) electrons. The molecular formula is C9H14N2O3S. The molecule has 2 heterocycles. The highest BCUT2D eigenvalue weighted by molar-refractivity contribution is 7.98. The first-order valence-electron chi connectivity index (χ1n) is 4.91. The molecule has 84 valence electrons. The number of aliphatic hydroxyl groups excluding tert-OH is 1. The standard InChI is InChI=1S/C9H14N2O3S/c1-15-4-6-9(14)11-3-5(12)2-7(11)8(13)10-6/h5-7,12H,2-4H2,1H3,(H,10,13)/t5-,6+,7-/m1/s1. The van der Waals surface area contributed by atoms with E-state index in [0.29, 0.717) is 18.7 Å². The van der Waals surface area contributed by atoms with Gasteiger partial charge in [-0.25, -0.2) is 0 Å². The highest BCUT2D eigenvalue weighted by Gasteiger charge is 2.45. The number of nitrogens with one attached hydrogen (secondary N) is 1. The number of piperazine rings is 1. The van der Waals surface area contributed by atoms with E-state index in [1.807, 2.05) is 6.26 Å². The van der Waals surface area contributed by atoms with Crippen molar-refractivity contribution in [3.8, 4) is 0 Å². The zero-order valence-corrected chi connectivity index (χ0v) is 9.29. The molecule has 2 aliphatic heterocycles. The Hall–Kier alpha value is -0.750. The Balaban J connectivity index is 2.13. The van der Waals surface area contributed by atoms with Crippen LogP contribution in [-0.2, 0) is 9.59 Å². The maximum absolute atomic E-state index is 11.9. The van der Waals surface area contributed by atoms with Crippen molar-refractivity contribution in [1.29, 1.82) is 0 Å². The number of carbonyl (C=O) groups is 2. The van der Waals surface area contributed by atoms with Crippen molar-refractivity contribution >= 4 is 23.6 Å². The van der Waals surface area contributed by atoms with Crippen molar-refractivity contribution in [2.75, 3.05) is 18.6 Å². The van der Waals surface area contributed by atoms with Crippen molar-refractivity contribution in [1.82, 2.24) is 10.2 Å². The smallest absolute Gasteiger partial charge is 0.246 e. The maximum Gasteiger partial charge on any atom is 0.246 e. The maximum atomic E-state index is 11.9. The lowest BCUT2D eigenvalue weighted by atomic mass is 10.1. The molecule has 5 nitrogen and oxygen atoms in total. The van der Waals surface area contributed by atoms with Crippen LogP contribution >= 0.6 is 11.8 Å². The van der Waals surface area contributed by atoms with Crippen LogP contribution < -0.4 is 5.32 Å². The molecule has 0 unspecified atom stereocenters. The second kappa shape index (κ2) is 4.02. The summed E-state index contributed by atoms with van der Waals surface area (Å²) in [7, 11) is 0. The summed E-state index contributed by atoms with van der Waals surface area (Å²) in [6, 6.07) is -0.875. The minimum Gasteiger partial charge on any atom is -0.391 e. The second-order valence-electron chi connectivity index (χ2n) is 3.91. The molecule has 2 N–H and O–H groups in total. The Morgan fingerprint density at radius 1 is 1.60 bits per heavy atom. The third kappa shape index (κ3) is 1.83. The number of aliphatic hydroxyl groups is 1. The molecule has 2 rings (SSSR count). The number of rotatable bonds is 2. The summed E-state index contributed by atoms with van der Waals surface area (Å²) in [5, 5.41) is 12.1. The Bertz CT molecular complexity index is 297. The van der Waals surface area contributed by atoms with Crippen LogP contribution in [0.4, 0.5) is 0 Å². The number of hydrogen-bond acceptors (Lipinski definition) is 4. The van der Waals surface area contributed by atoms with Crippen molar-refractivity contribution in [3.63, 3.8) is 0 Å². The first-order valence-corrected chi connectivity index (χ1v) is 6.30. The molecule has 2 fully saturated rings. The van der Waals surface area contributed by atoms with Gasteiger partial charge >= 0.3 is 0 Å². The van der Waals surface area contributed by atoms with Gasteiger partial charge in [0.15, 0.2) is 0 Å². The van der Waals surface area contributed by atoms with E-state index in [-0.39, 0.29) is 11.8 Å². The van der Waals surface area contributed by atoms with Gasteiger partial charge in [-0.05, 0) is 6.26 Å². The number of fused-ring (bicyclic) bond motifs is 1. The van der Waals surface area contributed by atoms with Crippen molar-refractivity contribution < 1.29 is 14.7 Å². The lowest BCUT2D eigenvalue weighted by Gasteiger charge is -2.34. The van der Waals surface area contributed by atoms with Gasteiger partial charge in [-0.2, -0.15) is 11.8 Å². The predicted molar refractivity (Wildman–Crippen MR) is 56.4 cm³/mol. The molecule has 0 aromatic rings. The molecule has 0 aromatic carbocycles. The lowest BCUT2D eigenvalue weighted by Crippen LogP contribution is -2.61. The second-order valence-corrected chi connectivity index (χ2v) is 4.82. The molecule has 2 aliphatic rings. The van der Waals surface area contributed by atoms with Gasteiger partial charge in [0.25, 0.3) is 0 Å². The quantitative estimate of drug-likeness (QED) is 0.626. The number of thioether (sulfide) groups is 1. The van der Waals surface area contributed by atoms with Gasteiger partial charge in [0.2, 0.25) is 11.8 Å². The van der Waals surface area contributed by atoms with E-state index in [9.17, 15) is 14.7 Å². The van der Waals surface area contributed by atoms with Crippen LogP contribution in [0.3, 0.4) is 0 Å². The van der Waals surface area contributed by atoms with Crippen LogP contribution in [0.2, 0.25) is 0 Å². The molecule has 0 saturated carbocycles. The summed E-state index contributed by atoms with van der Waals surface area (Å²) in [6.07, 6.45) is 1.70. The minimum absolute atomic E-state index is 0.0644. The summed E-state index contributed by atoms with van der Waals surface area (Å²) < 4.78 is 0. The van der Waals surface area contributed by atoms with E-state index < -0.39 is 18.2 Å². The Labute approximate surface area is 92.2 Å². The van der Waals surface area contributed by atoms with Gasteiger partial charge in [-0.15, -0.1) is 0 Å². The van der Waals surface area contributed by atoms with Crippen LogP contribution in [-0.4, -0.2) is 58.6 Å². The Kier molecular flexibility index (Phi) is 2.88. The van der Waals surface area contributed by atoms with E-state index in [1.165, 1.54) is 16.7 Å². The normalized spacial score (nSPS) is 35.3. The van der Waals surface area contributed by atoms with Gasteiger partial charge < -0.3 is 15.3 Å². The molecule has 3 atom stereocenters. The van der Waals surface area contributed by atoms with Crippen molar-refractivity contribution in [2.24, 2.45) is 0 Å². The summed E-state index contributed by atoms with van der Waals surface area (Å²) in [6.45, 7) is 0.293. The molecule has 6 heteroatoms. The molecular weight excluding hydrogens is 216 g/mol. The fourth-order valence-corrected chi connectivity index (χ4v) is 2.67. The minimum atomic E-state index is -0.558. The highest BCUT2D eigenvalue weighted by Crippen LogP contribution is 2.23. The van der Waals surface area contributed by atoms with Gasteiger partial charge in [0, 0.05) is 18.7 Å². The molecule has 0 aliphatic carbocycles. The lowest BCUT2D eigenvalue weighted by molar-refractivity contribution is -0.146. The van der Waals surface area contributed by atoms with Gasteiger partial charge in [-0.3, -0.25) is 9.59 Å². The average molecular weight is 230 g/mol. The first kappa shape index (κ1) is 10.8. The van der Waals surface area contributed by atoms with Crippen LogP contribution in [0.5, 0.6) is 0 Å². The fourth-order valence-electron chi connectivity index (χ4n) is 2.12. The largest absolute Gasteiger partial charge is 0.391 e. The SMILES string of the molecule is CSC[C@@H]1NC(=O)[C@H]2C[C@@H](O)CN2C1=O. The van der Waals surface area contributed by atoms with Crippen LogP contribution in [0.25, 0.3) is 0 Å². The molecule has 0 aromatic heterocycles.